The third-order valence-corrected chi connectivity index (χ3v) is 4.80. The van der Waals surface area contributed by atoms with Gasteiger partial charge in [0, 0.05) is 45.3 Å². The van der Waals surface area contributed by atoms with Crippen LogP contribution in [0.3, 0.4) is 0 Å². The van der Waals surface area contributed by atoms with E-state index in [1.807, 2.05) is 19.1 Å². The molecule has 8 heteroatoms. The van der Waals surface area contributed by atoms with E-state index < -0.39 is 0 Å². The van der Waals surface area contributed by atoms with E-state index in [9.17, 15) is 4.79 Å². The first-order valence-electron chi connectivity index (χ1n) is 10.1. The second-order valence-corrected chi connectivity index (χ2v) is 7.10. The Morgan fingerprint density at radius 3 is 2.66 bits per heavy atom. The van der Waals surface area contributed by atoms with Crippen molar-refractivity contribution in [3.63, 3.8) is 0 Å². The monoisotopic (exact) mass is 518 g/mol. The standard InChI is InChI=1S/C21H34N4O3.HI/c1-16-8-9-17(19(14-16)28-13-12-27-3)15-24-21(22-2)23-11-10-20(26)25-18-6-4-5-7-18;/h8-9,14,18H,4-7,10-13,15H2,1-3H3,(H,25,26)(H2,22,23,24);1H. The van der Waals surface area contributed by atoms with Crippen molar-refractivity contribution in [3.05, 3.63) is 29.3 Å². The van der Waals surface area contributed by atoms with Gasteiger partial charge in [0.05, 0.1) is 6.61 Å². The van der Waals surface area contributed by atoms with Gasteiger partial charge in [0.2, 0.25) is 5.91 Å². The van der Waals surface area contributed by atoms with Crippen LogP contribution >= 0.6 is 24.0 Å². The predicted molar refractivity (Wildman–Crippen MR) is 127 cm³/mol. The summed E-state index contributed by atoms with van der Waals surface area (Å²) in [7, 11) is 3.38. The number of halogens is 1. The Labute approximate surface area is 191 Å². The number of hydrogen-bond donors (Lipinski definition) is 3. The van der Waals surface area contributed by atoms with Gasteiger partial charge in [0.1, 0.15) is 12.4 Å². The predicted octanol–water partition coefficient (Wildman–Crippen LogP) is 2.75. The lowest BCUT2D eigenvalue weighted by Crippen LogP contribution is -2.40. The van der Waals surface area contributed by atoms with Crippen LogP contribution in [0.25, 0.3) is 0 Å². The summed E-state index contributed by atoms with van der Waals surface area (Å²) in [5, 5.41) is 9.57. The molecule has 1 amide bonds. The van der Waals surface area contributed by atoms with Crippen molar-refractivity contribution in [3.8, 4) is 5.75 Å². The Morgan fingerprint density at radius 1 is 1.21 bits per heavy atom. The summed E-state index contributed by atoms with van der Waals surface area (Å²) in [6.45, 7) is 4.22. The number of nitrogens with one attached hydrogen (secondary N) is 3. The molecule has 0 spiro atoms. The Morgan fingerprint density at radius 2 is 1.97 bits per heavy atom. The van der Waals surface area contributed by atoms with Crippen molar-refractivity contribution in [1.82, 2.24) is 16.0 Å². The molecule has 0 bridgehead atoms. The molecule has 1 fully saturated rings. The van der Waals surface area contributed by atoms with Crippen LogP contribution in [0.5, 0.6) is 5.75 Å². The van der Waals surface area contributed by atoms with Crippen molar-refractivity contribution in [2.75, 3.05) is 33.9 Å². The third kappa shape index (κ3) is 9.66. The van der Waals surface area contributed by atoms with Crippen LogP contribution in [0, 0.1) is 6.92 Å². The molecule has 164 valence electrons. The van der Waals surface area contributed by atoms with Gasteiger partial charge in [-0.3, -0.25) is 9.79 Å². The van der Waals surface area contributed by atoms with Gasteiger partial charge in [-0.2, -0.15) is 0 Å². The lowest BCUT2D eigenvalue weighted by Gasteiger charge is -2.16. The number of ether oxygens (including phenoxy) is 2. The highest BCUT2D eigenvalue weighted by Crippen LogP contribution is 2.20. The van der Waals surface area contributed by atoms with Crippen LogP contribution in [0.1, 0.15) is 43.2 Å². The molecule has 1 aromatic carbocycles. The fraction of sp³-hybridized carbons (Fsp3) is 0.619. The number of aryl methyl sites for hydroxylation is 1. The maximum Gasteiger partial charge on any atom is 0.221 e. The number of benzene rings is 1. The molecule has 2 rings (SSSR count). The number of aliphatic imine (C=N–C) groups is 1. The SMILES string of the molecule is CN=C(NCCC(=O)NC1CCCC1)NCc1ccc(C)cc1OCCOC.I. The van der Waals surface area contributed by atoms with E-state index in [0.29, 0.717) is 44.7 Å². The molecule has 0 heterocycles. The molecule has 0 saturated heterocycles. The second-order valence-electron chi connectivity index (χ2n) is 7.10. The highest BCUT2D eigenvalue weighted by Gasteiger charge is 2.16. The first-order valence-corrected chi connectivity index (χ1v) is 10.1. The van der Waals surface area contributed by atoms with Crippen molar-refractivity contribution in [1.29, 1.82) is 0 Å². The van der Waals surface area contributed by atoms with Crippen molar-refractivity contribution in [2.24, 2.45) is 4.99 Å². The molecule has 0 aliphatic heterocycles. The molecule has 1 aliphatic rings. The molecule has 29 heavy (non-hydrogen) atoms. The lowest BCUT2D eigenvalue weighted by molar-refractivity contribution is -0.121. The molecule has 0 unspecified atom stereocenters. The van der Waals surface area contributed by atoms with Gasteiger partial charge < -0.3 is 25.4 Å². The van der Waals surface area contributed by atoms with Gasteiger partial charge in [-0.25, -0.2) is 0 Å². The summed E-state index contributed by atoms with van der Waals surface area (Å²) in [5.41, 5.74) is 2.19. The van der Waals surface area contributed by atoms with E-state index in [4.69, 9.17) is 9.47 Å². The van der Waals surface area contributed by atoms with Crippen molar-refractivity contribution >= 4 is 35.8 Å². The minimum Gasteiger partial charge on any atom is -0.491 e. The number of guanidine groups is 1. The Balaban J connectivity index is 0.00000420. The zero-order chi connectivity index (χ0) is 20.2. The summed E-state index contributed by atoms with van der Waals surface area (Å²) >= 11 is 0. The van der Waals surface area contributed by atoms with Crippen LogP contribution in [0.4, 0.5) is 0 Å². The topological polar surface area (TPSA) is 84.0 Å². The second kappa shape index (κ2) is 14.4. The quantitative estimate of drug-likeness (QED) is 0.192. The van der Waals surface area contributed by atoms with Gasteiger partial charge in [-0.05, 0) is 31.4 Å². The number of nitrogens with zero attached hydrogens (tertiary/aromatic N) is 1. The van der Waals surface area contributed by atoms with Gasteiger partial charge in [0.15, 0.2) is 5.96 Å². The zero-order valence-corrected chi connectivity index (χ0v) is 20.1. The molecule has 1 aromatic rings. The van der Waals surface area contributed by atoms with E-state index in [2.05, 4.69) is 27.0 Å². The van der Waals surface area contributed by atoms with Crippen molar-refractivity contribution < 1.29 is 14.3 Å². The summed E-state index contributed by atoms with van der Waals surface area (Å²) in [5.74, 6) is 1.61. The highest BCUT2D eigenvalue weighted by molar-refractivity contribution is 14.0. The summed E-state index contributed by atoms with van der Waals surface area (Å²) in [6.07, 6.45) is 5.08. The van der Waals surface area contributed by atoms with Gasteiger partial charge >= 0.3 is 0 Å². The molecule has 7 nitrogen and oxygen atoms in total. The first-order chi connectivity index (χ1) is 13.6. The lowest BCUT2D eigenvalue weighted by atomic mass is 10.1. The molecular weight excluding hydrogens is 483 g/mol. The fourth-order valence-electron chi connectivity index (χ4n) is 3.24. The molecule has 1 saturated carbocycles. The van der Waals surface area contributed by atoms with Crippen LogP contribution < -0.4 is 20.7 Å². The third-order valence-electron chi connectivity index (χ3n) is 4.80. The van der Waals surface area contributed by atoms with Crippen LogP contribution in [-0.2, 0) is 16.1 Å². The number of carbonyl (C=O) groups excluding carboxylic acids is 1. The average Bonchev–Trinajstić information content (AvgIpc) is 3.18. The Bertz CT molecular complexity index is 649. The van der Waals surface area contributed by atoms with Crippen molar-refractivity contribution in [2.45, 2.75) is 51.6 Å². The number of carbonyl (C=O) groups is 1. The number of methoxy groups -OCH3 is 1. The van der Waals surface area contributed by atoms with E-state index in [1.54, 1.807) is 14.2 Å². The smallest absolute Gasteiger partial charge is 0.221 e. The first kappa shape index (κ1) is 25.5. The minimum atomic E-state index is 0. The maximum absolute atomic E-state index is 12.0. The van der Waals surface area contributed by atoms with Gasteiger partial charge in [0.25, 0.3) is 0 Å². The van der Waals surface area contributed by atoms with E-state index in [0.717, 1.165) is 29.7 Å². The molecule has 3 N–H and O–H groups in total. The maximum atomic E-state index is 12.0. The molecule has 0 aromatic heterocycles. The summed E-state index contributed by atoms with van der Waals surface area (Å²) in [6, 6.07) is 6.50. The average molecular weight is 518 g/mol. The number of rotatable bonds is 10. The molecular formula is C21H35IN4O3. The molecule has 0 radical (unpaired) electrons. The van der Waals surface area contributed by atoms with Gasteiger partial charge in [-0.1, -0.05) is 25.0 Å². The Hall–Kier alpha value is -1.55. The summed E-state index contributed by atoms with van der Waals surface area (Å²) < 4.78 is 10.9. The Kier molecular flexibility index (Phi) is 12.7. The highest BCUT2D eigenvalue weighted by atomic mass is 127. The summed E-state index contributed by atoms with van der Waals surface area (Å²) in [4.78, 5) is 16.2. The number of hydrogen-bond acceptors (Lipinski definition) is 4. The molecule has 0 atom stereocenters. The fourth-order valence-corrected chi connectivity index (χ4v) is 3.24. The number of amides is 1. The van der Waals surface area contributed by atoms with E-state index in [1.165, 1.54) is 12.8 Å². The minimum absolute atomic E-state index is 0. The zero-order valence-electron chi connectivity index (χ0n) is 17.8. The largest absolute Gasteiger partial charge is 0.491 e. The molecule has 1 aliphatic carbocycles. The van der Waals surface area contributed by atoms with E-state index in [-0.39, 0.29) is 29.9 Å². The van der Waals surface area contributed by atoms with Crippen LogP contribution in [0.15, 0.2) is 23.2 Å². The van der Waals surface area contributed by atoms with E-state index >= 15 is 0 Å². The normalized spacial score (nSPS) is 14.2. The van der Waals surface area contributed by atoms with Crippen LogP contribution in [-0.4, -0.2) is 51.8 Å². The van der Waals surface area contributed by atoms with Gasteiger partial charge in [-0.15, -0.1) is 24.0 Å². The van der Waals surface area contributed by atoms with Crippen LogP contribution in [0.2, 0.25) is 0 Å².